The SMILES string of the molecule is CCCNC(C)c1cccnc1OC(C)COCC. The Hall–Kier alpha value is -1.13. The molecular weight excluding hydrogens is 240 g/mol. The molecule has 19 heavy (non-hydrogen) atoms. The second-order valence-electron chi connectivity index (χ2n) is 4.66. The smallest absolute Gasteiger partial charge is 0.218 e. The molecule has 1 heterocycles. The zero-order chi connectivity index (χ0) is 14.1. The van der Waals surface area contributed by atoms with Crippen LogP contribution in [0.2, 0.25) is 0 Å². The van der Waals surface area contributed by atoms with Crippen molar-refractivity contribution in [1.29, 1.82) is 0 Å². The van der Waals surface area contributed by atoms with Gasteiger partial charge in [0.05, 0.1) is 6.61 Å². The molecule has 0 aromatic carbocycles. The summed E-state index contributed by atoms with van der Waals surface area (Å²) in [6.45, 7) is 10.6. The van der Waals surface area contributed by atoms with Crippen molar-refractivity contribution in [2.45, 2.75) is 46.3 Å². The predicted molar refractivity (Wildman–Crippen MR) is 77.5 cm³/mol. The maximum atomic E-state index is 5.87. The van der Waals surface area contributed by atoms with Crippen LogP contribution in [0.5, 0.6) is 5.88 Å². The van der Waals surface area contributed by atoms with Gasteiger partial charge in [0, 0.05) is 24.4 Å². The highest BCUT2D eigenvalue weighted by molar-refractivity contribution is 5.28. The zero-order valence-corrected chi connectivity index (χ0v) is 12.5. The van der Waals surface area contributed by atoms with Gasteiger partial charge in [0.2, 0.25) is 5.88 Å². The molecule has 108 valence electrons. The molecule has 1 aromatic rings. The van der Waals surface area contributed by atoms with Crippen LogP contribution in [0.3, 0.4) is 0 Å². The van der Waals surface area contributed by atoms with Crippen molar-refractivity contribution in [3.63, 3.8) is 0 Å². The Kier molecular flexibility index (Phi) is 7.45. The van der Waals surface area contributed by atoms with Crippen LogP contribution in [0.25, 0.3) is 0 Å². The first-order valence-electron chi connectivity index (χ1n) is 7.11. The van der Waals surface area contributed by atoms with E-state index < -0.39 is 0 Å². The van der Waals surface area contributed by atoms with E-state index >= 15 is 0 Å². The third-order valence-electron chi connectivity index (χ3n) is 2.84. The van der Waals surface area contributed by atoms with E-state index in [0.717, 1.165) is 18.5 Å². The molecule has 0 amide bonds. The molecule has 0 radical (unpaired) electrons. The van der Waals surface area contributed by atoms with Crippen LogP contribution in [-0.2, 0) is 4.74 Å². The Bertz CT molecular complexity index is 358. The van der Waals surface area contributed by atoms with Gasteiger partial charge in [-0.3, -0.25) is 0 Å². The van der Waals surface area contributed by atoms with Gasteiger partial charge in [-0.25, -0.2) is 4.98 Å². The monoisotopic (exact) mass is 266 g/mol. The van der Waals surface area contributed by atoms with Crippen LogP contribution < -0.4 is 10.1 Å². The molecule has 0 aliphatic heterocycles. The zero-order valence-electron chi connectivity index (χ0n) is 12.5. The van der Waals surface area contributed by atoms with Crippen molar-refractivity contribution in [3.8, 4) is 5.88 Å². The Balaban J connectivity index is 2.66. The molecule has 4 nitrogen and oxygen atoms in total. The quantitative estimate of drug-likeness (QED) is 0.746. The van der Waals surface area contributed by atoms with Gasteiger partial charge in [0.25, 0.3) is 0 Å². The van der Waals surface area contributed by atoms with Gasteiger partial charge in [-0.15, -0.1) is 0 Å². The molecule has 0 aliphatic rings. The lowest BCUT2D eigenvalue weighted by Gasteiger charge is -2.20. The third-order valence-corrected chi connectivity index (χ3v) is 2.84. The summed E-state index contributed by atoms with van der Waals surface area (Å²) in [6.07, 6.45) is 2.88. The van der Waals surface area contributed by atoms with Crippen LogP contribution in [0.4, 0.5) is 0 Å². The average Bonchev–Trinajstić information content (AvgIpc) is 2.43. The van der Waals surface area contributed by atoms with Gasteiger partial charge in [0.1, 0.15) is 6.10 Å². The number of nitrogens with zero attached hydrogens (tertiary/aromatic N) is 1. The van der Waals surface area contributed by atoms with E-state index in [1.165, 1.54) is 0 Å². The van der Waals surface area contributed by atoms with Gasteiger partial charge in [-0.2, -0.15) is 0 Å². The molecule has 2 atom stereocenters. The van der Waals surface area contributed by atoms with Crippen molar-refractivity contribution in [1.82, 2.24) is 10.3 Å². The summed E-state index contributed by atoms with van der Waals surface area (Å²) >= 11 is 0. The van der Waals surface area contributed by atoms with Crippen LogP contribution in [0, 0.1) is 0 Å². The highest BCUT2D eigenvalue weighted by Gasteiger charge is 2.14. The fourth-order valence-electron chi connectivity index (χ4n) is 1.81. The molecule has 0 aliphatic carbocycles. The van der Waals surface area contributed by atoms with Gasteiger partial charge in [-0.1, -0.05) is 13.0 Å². The normalized spacial score (nSPS) is 14.1. The lowest BCUT2D eigenvalue weighted by Crippen LogP contribution is -2.23. The molecule has 1 N–H and O–H groups in total. The van der Waals surface area contributed by atoms with Crippen molar-refractivity contribution < 1.29 is 9.47 Å². The molecule has 1 aromatic heterocycles. The van der Waals surface area contributed by atoms with Gasteiger partial charge in [0.15, 0.2) is 0 Å². The largest absolute Gasteiger partial charge is 0.472 e. The van der Waals surface area contributed by atoms with Crippen molar-refractivity contribution in [3.05, 3.63) is 23.9 Å². The van der Waals surface area contributed by atoms with E-state index in [1.54, 1.807) is 6.20 Å². The Morgan fingerprint density at radius 3 is 2.79 bits per heavy atom. The molecule has 0 saturated carbocycles. The summed E-state index contributed by atoms with van der Waals surface area (Å²) in [5, 5.41) is 3.45. The summed E-state index contributed by atoms with van der Waals surface area (Å²) in [6, 6.07) is 4.24. The van der Waals surface area contributed by atoms with Crippen LogP contribution >= 0.6 is 0 Å². The second-order valence-corrected chi connectivity index (χ2v) is 4.66. The Morgan fingerprint density at radius 1 is 1.32 bits per heavy atom. The Labute approximate surface area is 116 Å². The standard InChI is InChI=1S/C15H26N2O2/c1-5-9-16-13(4)14-8-7-10-17-15(14)19-12(3)11-18-6-2/h7-8,10,12-13,16H,5-6,9,11H2,1-4H3. The first-order chi connectivity index (χ1) is 9.19. The molecule has 4 heteroatoms. The third kappa shape index (κ3) is 5.57. The van der Waals surface area contributed by atoms with Gasteiger partial charge < -0.3 is 14.8 Å². The molecule has 0 fully saturated rings. The van der Waals surface area contributed by atoms with E-state index in [4.69, 9.17) is 9.47 Å². The number of ether oxygens (including phenoxy) is 2. The second kappa shape index (κ2) is 8.88. The van der Waals surface area contributed by atoms with Crippen molar-refractivity contribution in [2.24, 2.45) is 0 Å². The molecular formula is C15H26N2O2. The van der Waals surface area contributed by atoms with Crippen LogP contribution in [0.1, 0.15) is 45.7 Å². The Morgan fingerprint density at radius 2 is 2.11 bits per heavy atom. The van der Waals surface area contributed by atoms with E-state index in [-0.39, 0.29) is 12.1 Å². The van der Waals surface area contributed by atoms with E-state index in [0.29, 0.717) is 19.1 Å². The maximum Gasteiger partial charge on any atom is 0.218 e. The highest BCUT2D eigenvalue weighted by atomic mass is 16.5. The maximum absolute atomic E-state index is 5.87. The van der Waals surface area contributed by atoms with Crippen molar-refractivity contribution in [2.75, 3.05) is 19.8 Å². The minimum Gasteiger partial charge on any atom is -0.472 e. The molecule has 0 bridgehead atoms. The summed E-state index contributed by atoms with van der Waals surface area (Å²) in [5.74, 6) is 0.700. The van der Waals surface area contributed by atoms with E-state index in [2.05, 4.69) is 30.2 Å². The lowest BCUT2D eigenvalue weighted by atomic mass is 10.1. The number of hydrogen-bond donors (Lipinski definition) is 1. The fourth-order valence-corrected chi connectivity index (χ4v) is 1.81. The number of pyridine rings is 1. The summed E-state index contributed by atoms with van der Waals surface area (Å²) in [4.78, 5) is 4.34. The number of nitrogens with one attached hydrogen (secondary N) is 1. The number of rotatable bonds is 9. The van der Waals surface area contributed by atoms with Gasteiger partial charge >= 0.3 is 0 Å². The number of aromatic nitrogens is 1. The molecule has 2 unspecified atom stereocenters. The first-order valence-corrected chi connectivity index (χ1v) is 7.11. The van der Waals surface area contributed by atoms with Crippen LogP contribution in [0.15, 0.2) is 18.3 Å². The number of hydrogen-bond acceptors (Lipinski definition) is 4. The van der Waals surface area contributed by atoms with Crippen molar-refractivity contribution >= 4 is 0 Å². The molecule has 0 saturated heterocycles. The minimum absolute atomic E-state index is 0.00646. The lowest BCUT2D eigenvalue weighted by molar-refractivity contribution is 0.0625. The average molecular weight is 266 g/mol. The first kappa shape index (κ1) is 15.9. The van der Waals surface area contributed by atoms with Crippen LogP contribution in [-0.4, -0.2) is 30.8 Å². The highest BCUT2D eigenvalue weighted by Crippen LogP contribution is 2.23. The van der Waals surface area contributed by atoms with E-state index in [9.17, 15) is 0 Å². The topological polar surface area (TPSA) is 43.4 Å². The minimum atomic E-state index is 0.00646. The summed E-state index contributed by atoms with van der Waals surface area (Å²) in [7, 11) is 0. The van der Waals surface area contributed by atoms with Gasteiger partial charge in [-0.05, 0) is 39.8 Å². The fraction of sp³-hybridized carbons (Fsp3) is 0.667. The predicted octanol–water partition coefficient (Wildman–Crippen LogP) is 2.95. The summed E-state index contributed by atoms with van der Waals surface area (Å²) < 4.78 is 11.2. The molecule has 0 spiro atoms. The summed E-state index contributed by atoms with van der Waals surface area (Å²) in [5.41, 5.74) is 1.10. The van der Waals surface area contributed by atoms with E-state index in [1.807, 2.05) is 19.9 Å². The molecule has 1 rings (SSSR count).